The van der Waals surface area contributed by atoms with Gasteiger partial charge in [-0.1, -0.05) is 0 Å². The molecule has 0 atom stereocenters. The van der Waals surface area contributed by atoms with Gasteiger partial charge in [-0.25, -0.2) is 4.79 Å². The fraction of sp³-hybridized carbons (Fsp3) is 0.0909. The molecule has 18 heavy (non-hydrogen) atoms. The van der Waals surface area contributed by atoms with E-state index in [2.05, 4.69) is 10.5 Å². The second kappa shape index (κ2) is 5.87. The molecule has 1 rings (SSSR count). The van der Waals surface area contributed by atoms with Crippen LogP contribution in [0.4, 0.5) is 5.69 Å². The van der Waals surface area contributed by atoms with Crippen LogP contribution in [0.2, 0.25) is 0 Å². The molecule has 0 spiro atoms. The lowest BCUT2D eigenvalue weighted by Crippen LogP contribution is -2.04. The number of nitrogens with one attached hydrogen (secondary N) is 1. The van der Waals surface area contributed by atoms with Crippen LogP contribution in [0.3, 0.4) is 0 Å². The van der Waals surface area contributed by atoms with Crippen molar-refractivity contribution in [3.63, 3.8) is 0 Å². The zero-order valence-electron chi connectivity index (χ0n) is 9.34. The molecular formula is C11H8N4O3. The molecule has 0 unspecified atom stereocenters. The van der Waals surface area contributed by atoms with Crippen LogP contribution in [0.15, 0.2) is 23.3 Å². The van der Waals surface area contributed by atoms with Crippen molar-refractivity contribution in [1.82, 2.24) is 0 Å². The van der Waals surface area contributed by atoms with Crippen molar-refractivity contribution >= 4 is 17.4 Å². The molecule has 0 bridgehead atoms. The summed E-state index contributed by atoms with van der Waals surface area (Å²) in [5.41, 5.74) is 2.03. The number of hydrogen-bond acceptors (Lipinski definition) is 6. The van der Waals surface area contributed by atoms with Gasteiger partial charge in [-0.05, 0) is 12.1 Å². The van der Waals surface area contributed by atoms with E-state index in [0.29, 0.717) is 5.75 Å². The topological polar surface area (TPSA) is 118 Å². The van der Waals surface area contributed by atoms with Gasteiger partial charge in [0.05, 0.1) is 18.4 Å². The Morgan fingerprint density at radius 2 is 2.11 bits per heavy atom. The number of nitrogens with zero attached hydrogens (tertiary/aromatic N) is 3. The molecule has 7 nitrogen and oxygen atoms in total. The molecule has 0 aliphatic heterocycles. The number of anilines is 1. The van der Waals surface area contributed by atoms with Crippen molar-refractivity contribution in [3.05, 3.63) is 23.8 Å². The summed E-state index contributed by atoms with van der Waals surface area (Å²) < 4.78 is 4.94. The number of methoxy groups -OCH3 is 1. The Morgan fingerprint density at radius 1 is 1.44 bits per heavy atom. The molecule has 0 saturated carbocycles. The van der Waals surface area contributed by atoms with Crippen molar-refractivity contribution in [2.24, 2.45) is 5.10 Å². The third-order valence-corrected chi connectivity index (χ3v) is 1.96. The summed E-state index contributed by atoms with van der Waals surface area (Å²) in [6.45, 7) is 0. The van der Waals surface area contributed by atoms with Crippen LogP contribution < -0.4 is 10.2 Å². The standard InChI is InChI=1S/C11H8N4O3/c1-18-8-2-3-9(11(16)17)10(4-8)15-14-7(5-12)6-13/h2-4,15H,1H3,(H,16,17). The Labute approximate surface area is 103 Å². The number of benzene rings is 1. The molecule has 0 radical (unpaired) electrons. The van der Waals surface area contributed by atoms with E-state index in [1.165, 1.54) is 25.3 Å². The van der Waals surface area contributed by atoms with Crippen molar-refractivity contribution in [1.29, 1.82) is 10.5 Å². The maximum Gasteiger partial charge on any atom is 0.337 e. The lowest BCUT2D eigenvalue weighted by Gasteiger charge is -2.07. The zero-order chi connectivity index (χ0) is 13.5. The number of aromatic carboxylic acids is 1. The van der Waals surface area contributed by atoms with Gasteiger partial charge in [0, 0.05) is 6.07 Å². The number of ether oxygens (including phenoxy) is 1. The molecule has 0 aliphatic rings. The van der Waals surface area contributed by atoms with Crippen molar-refractivity contribution in [2.75, 3.05) is 12.5 Å². The lowest BCUT2D eigenvalue weighted by atomic mass is 10.2. The van der Waals surface area contributed by atoms with Gasteiger partial charge in [0.1, 0.15) is 17.9 Å². The maximum absolute atomic E-state index is 10.9. The first-order valence-corrected chi connectivity index (χ1v) is 4.67. The van der Waals surface area contributed by atoms with Crippen LogP contribution >= 0.6 is 0 Å². The predicted octanol–water partition coefficient (Wildman–Crippen LogP) is 1.21. The molecule has 2 N–H and O–H groups in total. The molecule has 1 aromatic rings. The van der Waals surface area contributed by atoms with Crippen molar-refractivity contribution in [3.8, 4) is 17.9 Å². The minimum absolute atomic E-state index is 0.0465. The first kappa shape index (κ1) is 13.0. The van der Waals surface area contributed by atoms with Crippen LogP contribution in [-0.2, 0) is 0 Å². The van der Waals surface area contributed by atoms with Gasteiger partial charge in [0.15, 0.2) is 0 Å². The van der Waals surface area contributed by atoms with Gasteiger partial charge in [0.2, 0.25) is 5.71 Å². The summed E-state index contributed by atoms with van der Waals surface area (Å²) in [5.74, 6) is -0.737. The van der Waals surface area contributed by atoms with E-state index in [-0.39, 0.29) is 11.3 Å². The van der Waals surface area contributed by atoms with E-state index in [1.54, 1.807) is 12.1 Å². The maximum atomic E-state index is 10.9. The number of hydrazone groups is 1. The van der Waals surface area contributed by atoms with Crippen molar-refractivity contribution < 1.29 is 14.6 Å². The average Bonchev–Trinajstić information content (AvgIpc) is 2.39. The summed E-state index contributed by atoms with van der Waals surface area (Å²) in [4.78, 5) is 10.9. The van der Waals surface area contributed by atoms with Crippen molar-refractivity contribution in [2.45, 2.75) is 0 Å². The highest BCUT2D eigenvalue weighted by atomic mass is 16.5. The summed E-state index contributed by atoms with van der Waals surface area (Å²) in [5, 5.41) is 29.4. The normalized spacial score (nSPS) is 8.61. The average molecular weight is 244 g/mol. The van der Waals surface area contributed by atoms with Gasteiger partial charge in [-0.15, -0.1) is 0 Å². The first-order valence-electron chi connectivity index (χ1n) is 4.67. The van der Waals surface area contributed by atoms with Crippen LogP contribution in [0, 0.1) is 22.7 Å². The fourth-order valence-electron chi connectivity index (χ4n) is 1.12. The first-order chi connectivity index (χ1) is 8.62. The van der Waals surface area contributed by atoms with Gasteiger partial charge in [-0.2, -0.15) is 15.6 Å². The summed E-state index contributed by atoms with van der Waals surface area (Å²) in [6.07, 6.45) is 0. The summed E-state index contributed by atoms with van der Waals surface area (Å²) in [6, 6.07) is 7.31. The quantitative estimate of drug-likeness (QED) is 0.606. The zero-order valence-corrected chi connectivity index (χ0v) is 9.34. The highest BCUT2D eigenvalue weighted by molar-refractivity contribution is 6.10. The Hall–Kier alpha value is -3.06. The van der Waals surface area contributed by atoms with Gasteiger partial charge < -0.3 is 9.84 Å². The second-order valence-electron chi connectivity index (χ2n) is 3.01. The summed E-state index contributed by atoms with van der Waals surface area (Å²) >= 11 is 0. The number of hydrogen-bond donors (Lipinski definition) is 2. The largest absolute Gasteiger partial charge is 0.497 e. The SMILES string of the molecule is COc1ccc(C(=O)O)c(NN=C(C#N)C#N)c1. The Bertz CT molecular complexity index is 565. The molecule has 90 valence electrons. The Kier molecular flexibility index (Phi) is 4.24. The second-order valence-corrected chi connectivity index (χ2v) is 3.01. The number of carbonyl (C=O) groups is 1. The highest BCUT2D eigenvalue weighted by Gasteiger charge is 2.11. The molecule has 7 heteroatoms. The summed E-state index contributed by atoms with van der Waals surface area (Å²) in [7, 11) is 1.43. The minimum atomic E-state index is -1.16. The highest BCUT2D eigenvalue weighted by Crippen LogP contribution is 2.22. The molecule has 1 aromatic carbocycles. The molecule has 0 heterocycles. The monoisotopic (exact) mass is 244 g/mol. The number of nitriles is 2. The van der Waals surface area contributed by atoms with Gasteiger partial charge in [-0.3, -0.25) is 5.43 Å². The predicted molar refractivity (Wildman–Crippen MR) is 62.2 cm³/mol. The van der Waals surface area contributed by atoms with Crippen LogP contribution in [0.5, 0.6) is 5.75 Å². The van der Waals surface area contributed by atoms with E-state index < -0.39 is 11.7 Å². The van der Waals surface area contributed by atoms with E-state index >= 15 is 0 Å². The van der Waals surface area contributed by atoms with E-state index in [9.17, 15) is 4.79 Å². The fourth-order valence-corrected chi connectivity index (χ4v) is 1.12. The number of rotatable bonds is 4. The van der Waals surface area contributed by atoms with E-state index in [4.69, 9.17) is 20.4 Å². The van der Waals surface area contributed by atoms with Gasteiger partial charge >= 0.3 is 5.97 Å². The number of carboxylic acid groups (broad SMARTS) is 1. The van der Waals surface area contributed by atoms with Crippen LogP contribution in [0.25, 0.3) is 0 Å². The molecule has 0 fully saturated rings. The smallest absolute Gasteiger partial charge is 0.337 e. The molecule has 0 aromatic heterocycles. The third kappa shape index (κ3) is 2.97. The van der Waals surface area contributed by atoms with Crippen LogP contribution in [0.1, 0.15) is 10.4 Å². The Balaban J connectivity index is 3.14. The third-order valence-electron chi connectivity index (χ3n) is 1.96. The molecular weight excluding hydrogens is 236 g/mol. The number of carboxylic acids is 1. The molecule has 0 amide bonds. The minimum Gasteiger partial charge on any atom is -0.497 e. The Morgan fingerprint density at radius 3 is 2.61 bits per heavy atom. The van der Waals surface area contributed by atoms with Crippen LogP contribution in [-0.4, -0.2) is 23.9 Å². The van der Waals surface area contributed by atoms with E-state index in [0.717, 1.165) is 0 Å². The molecule has 0 aliphatic carbocycles. The van der Waals surface area contributed by atoms with E-state index in [1.807, 2.05) is 0 Å². The van der Waals surface area contributed by atoms with Gasteiger partial charge in [0.25, 0.3) is 0 Å². The molecule has 0 saturated heterocycles. The lowest BCUT2D eigenvalue weighted by molar-refractivity contribution is 0.0698.